The second kappa shape index (κ2) is 6.86. The monoisotopic (exact) mass is 271 g/mol. The van der Waals surface area contributed by atoms with Crippen molar-refractivity contribution >= 4 is 22.8 Å². The first kappa shape index (κ1) is 14.3. The number of para-hydroxylation sites is 2. The second-order valence-electron chi connectivity index (χ2n) is 3.53. The highest BCUT2D eigenvalue weighted by atomic mass is 35.5. The standard InChI is InChI=1S/C12H14ClNO4/c1-8(12(13)16)14-11(15)7-18-10-6-4-3-5-9(10)17-2/h3-6,8H,7H2,1-2H3,(H,14,15). The average Bonchev–Trinajstić information content (AvgIpc) is 2.36. The molecule has 0 heterocycles. The lowest BCUT2D eigenvalue weighted by atomic mass is 10.3. The Balaban J connectivity index is 2.50. The van der Waals surface area contributed by atoms with Crippen LogP contribution in [0.5, 0.6) is 11.5 Å². The van der Waals surface area contributed by atoms with Gasteiger partial charge in [0.2, 0.25) is 5.24 Å². The van der Waals surface area contributed by atoms with Crippen molar-refractivity contribution in [1.82, 2.24) is 5.32 Å². The number of nitrogens with one attached hydrogen (secondary N) is 1. The highest BCUT2D eigenvalue weighted by Crippen LogP contribution is 2.25. The molecule has 18 heavy (non-hydrogen) atoms. The number of carbonyl (C=O) groups is 2. The van der Waals surface area contributed by atoms with E-state index in [1.165, 1.54) is 14.0 Å². The van der Waals surface area contributed by atoms with E-state index in [4.69, 9.17) is 21.1 Å². The van der Waals surface area contributed by atoms with Crippen LogP contribution in [0.15, 0.2) is 24.3 Å². The van der Waals surface area contributed by atoms with Crippen LogP contribution in [-0.2, 0) is 9.59 Å². The van der Waals surface area contributed by atoms with Crippen LogP contribution in [0.1, 0.15) is 6.92 Å². The Hall–Kier alpha value is -1.75. The van der Waals surface area contributed by atoms with Crippen LogP contribution in [0, 0.1) is 0 Å². The van der Waals surface area contributed by atoms with Crippen molar-refractivity contribution in [2.24, 2.45) is 0 Å². The van der Waals surface area contributed by atoms with E-state index < -0.39 is 17.2 Å². The zero-order valence-corrected chi connectivity index (χ0v) is 10.9. The fourth-order valence-corrected chi connectivity index (χ4v) is 1.28. The summed E-state index contributed by atoms with van der Waals surface area (Å²) in [4.78, 5) is 22.2. The summed E-state index contributed by atoms with van der Waals surface area (Å²) >= 11 is 5.22. The zero-order valence-electron chi connectivity index (χ0n) is 10.1. The Labute approximate surface area is 110 Å². The molecule has 0 bridgehead atoms. The summed E-state index contributed by atoms with van der Waals surface area (Å²) in [6, 6.07) is 6.22. The van der Waals surface area contributed by atoms with Crippen molar-refractivity contribution in [2.45, 2.75) is 13.0 Å². The van der Waals surface area contributed by atoms with E-state index in [2.05, 4.69) is 5.32 Å². The van der Waals surface area contributed by atoms with E-state index in [1.54, 1.807) is 24.3 Å². The molecule has 0 radical (unpaired) electrons. The lowest BCUT2D eigenvalue weighted by molar-refractivity contribution is -0.126. The Morgan fingerprint density at radius 2 is 1.94 bits per heavy atom. The van der Waals surface area contributed by atoms with E-state index in [-0.39, 0.29) is 6.61 Å². The Morgan fingerprint density at radius 1 is 1.33 bits per heavy atom. The zero-order chi connectivity index (χ0) is 13.5. The summed E-state index contributed by atoms with van der Waals surface area (Å²) in [5, 5.41) is 1.78. The number of benzene rings is 1. The molecule has 1 atom stereocenters. The molecule has 1 unspecified atom stereocenters. The lowest BCUT2D eigenvalue weighted by Crippen LogP contribution is -2.39. The van der Waals surface area contributed by atoms with Crippen molar-refractivity contribution in [1.29, 1.82) is 0 Å². The van der Waals surface area contributed by atoms with E-state index >= 15 is 0 Å². The maximum absolute atomic E-state index is 11.4. The molecule has 0 aromatic heterocycles. The van der Waals surface area contributed by atoms with Crippen LogP contribution in [0.25, 0.3) is 0 Å². The normalized spacial score (nSPS) is 11.5. The predicted molar refractivity (Wildman–Crippen MR) is 67.0 cm³/mol. The number of rotatable bonds is 6. The van der Waals surface area contributed by atoms with Crippen molar-refractivity contribution in [3.63, 3.8) is 0 Å². The lowest BCUT2D eigenvalue weighted by Gasteiger charge is -2.12. The first-order chi connectivity index (χ1) is 8.54. The number of hydrogen-bond donors (Lipinski definition) is 1. The van der Waals surface area contributed by atoms with E-state index in [1.807, 2.05) is 0 Å². The molecular formula is C12H14ClNO4. The van der Waals surface area contributed by atoms with Gasteiger partial charge in [-0.25, -0.2) is 0 Å². The minimum absolute atomic E-state index is 0.213. The van der Waals surface area contributed by atoms with Gasteiger partial charge in [0.15, 0.2) is 18.1 Å². The maximum Gasteiger partial charge on any atom is 0.258 e. The van der Waals surface area contributed by atoms with Crippen LogP contribution < -0.4 is 14.8 Å². The number of ether oxygens (including phenoxy) is 2. The summed E-state index contributed by atoms with van der Waals surface area (Å²) in [7, 11) is 1.51. The molecule has 0 aliphatic heterocycles. The van der Waals surface area contributed by atoms with Crippen molar-refractivity contribution in [3.05, 3.63) is 24.3 Å². The van der Waals surface area contributed by atoms with E-state index in [0.29, 0.717) is 11.5 Å². The molecule has 0 saturated heterocycles. The van der Waals surface area contributed by atoms with E-state index in [9.17, 15) is 9.59 Å². The number of carbonyl (C=O) groups excluding carboxylic acids is 2. The third-order valence-corrected chi connectivity index (χ3v) is 2.47. The molecule has 0 aliphatic carbocycles. The van der Waals surface area contributed by atoms with Gasteiger partial charge in [0.1, 0.15) is 6.04 Å². The summed E-state index contributed by atoms with van der Waals surface area (Å²) in [6.07, 6.45) is 0. The topological polar surface area (TPSA) is 64.6 Å². The molecule has 98 valence electrons. The van der Waals surface area contributed by atoms with Crippen molar-refractivity contribution in [2.75, 3.05) is 13.7 Å². The smallest absolute Gasteiger partial charge is 0.258 e. The molecule has 1 aromatic rings. The molecular weight excluding hydrogens is 258 g/mol. The quantitative estimate of drug-likeness (QED) is 0.793. The van der Waals surface area contributed by atoms with Crippen LogP contribution in [0.4, 0.5) is 0 Å². The molecule has 0 fully saturated rings. The summed E-state index contributed by atoms with van der Waals surface area (Å²) in [6.45, 7) is 1.28. The first-order valence-corrected chi connectivity index (χ1v) is 5.67. The molecule has 6 heteroatoms. The van der Waals surface area contributed by atoms with Gasteiger partial charge in [0.25, 0.3) is 5.91 Å². The Bertz CT molecular complexity index is 436. The van der Waals surface area contributed by atoms with Gasteiger partial charge in [0.05, 0.1) is 7.11 Å². The van der Waals surface area contributed by atoms with Crippen LogP contribution in [0.2, 0.25) is 0 Å². The van der Waals surface area contributed by atoms with Crippen molar-refractivity contribution in [3.8, 4) is 11.5 Å². The summed E-state index contributed by atoms with van der Waals surface area (Å²) in [5.74, 6) is 0.564. The highest BCUT2D eigenvalue weighted by Gasteiger charge is 2.13. The Morgan fingerprint density at radius 3 is 2.50 bits per heavy atom. The van der Waals surface area contributed by atoms with E-state index in [0.717, 1.165) is 0 Å². The average molecular weight is 272 g/mol. The molecule has 0 spiro atoms. The van der Waals surface area contributed by atoms with Gasteiger partial charge in [-0.05, 0) is 30.7 Å². The fraction of sp³-hybridized carbons (Fsp3) is 0.333. The third kappa shape index (κ3) is 4.25. The van der Waals surface area contributed by atoms with Gasteiger partial charge in [0, 0.05) is 0 Å². The van der Waals surface area contributed by atoms with Gasteiger partial charge in [-0.1, -0.05) is 12.1 Å². The minimum Gasteiger partial charge on any atom is -0.493 e. The first-order valence-electron chi connectivity index (χ1n) is 5.29. The fourth-order valence-electron chi connectivity index (χ4n) is 1.22. The highest BCUT2D eigenvalue weighted by molar-refractivity contribution is 6.64. The third-order valence-electron chi connectivity index (χ3n) is 2.15. The predicted octanol–water partition coefficient (Wildman–Crippen LogP) is 1.34. The largest absolute Gasteiger partial charge is 0.493 e. The summed E-state index contributed by atoms with van der Waals surface area (Å²) < 4.78 is 10.3. The van der Waals surface area contributed by atoms with Crippen LogP contribution in [0.3, 0.4) is 0 Å². The molecule has 1 amide bonds. The SMILES string of the molecule is COc1ccccc1OCC(=O)NC(C)C(=O)Cl. The molecule has 5 nitrogen and oxygen atoms in total. The van der Waals surface area contributed by atoms with Crippen LogP contribution in [-0.4, -0.2) is 30.9 Å². The number of amides is 1. The van der Waals surface area contributed by atoms with Gasteiger partial charge >= 0.3 is 0 Å². The molecule has 1 rings (SSSR count). The van der Waals surface area contributed by atoms with Crippen LogP contribution >= 0.6 is 11.6 Å². The summed E-state index contributed by atoms with van der Waals surface area (Å²) in [5.41, 5.74) is 0. The number of methoxy groups -OCH3 is 1. The number of halogens is 1. The van der Waals surface area contributed by atoms with Gasteiger partial charge in [-0.3, -0.25) is 9.59 Å². The maximum atomic E-state index is 11.4. The minimum atomic E-state index is -0.736. The molecule has 0 saturated carbocycles. The number of hydrogen-bond acceptors (Lipinski definition) is 4. The van der Waals surface area contributed by atoms with Gasteiger partial charge in [-0.2, -0.15) is 0 Å². The Kier molecular flexibility index (Phi) is 5.45. The van der Waals surface area contributed by atoms with Gasteiger partial charge in [-0.15, -0.1) is 0 Å². The second-order valence-corrected chi connectivity index (χ2v) is 3.91. The van der Waals surface area contributed by atoms with Crippen molar-refractivity contribution < 1.29 is 19.1 Å². The van der Waals surface area contributed by atoms with Gasteiger partial charge < -0.3 is 14.8 Å². The molecule has 0 aliphatic rings. The molecule has 1 N–H and O–H groups in total. The molecule has 1 aromatic carbocycles.